The molecule has 7 heteroatoms. The van der Waals surface area contributed by atoms with Crippen molar-refractivity contribution in [1.82, 2.24) is 10.6 Å². The third kappa shape index (κ3) is 4.56. The van der Waals surface area contributed by atoms with Crippen LogP contribution in [0, 0.1) is 11.8 Å². The summed E-state index contributed by atoms with van der Waals surface area (Å²) in [4.78, 5) is 24.1. The number of amides is 2. The van der Waals surface area contributed by atoms with Crippen molar-refractivity contribution in [3.05, 3.63) is 12.7 Å². The normalized spacial score (nSPS) is 30.5. The van der Waals surface area contributed by atoms with E-state index in [9.17, 15) is 18.0 Å². The van der Waals surface area contributed by atoms with Gasteiger partial charge in [0.2, 0.25) is 11.8 Å². The monoisotopic (exact) mass is 328 g/mol. The molecule has 1 atom stereocenters. The number of carbonyl (C=O) groups excluding carboxylic acids is 2. The van der Waals surface area contributed by atoms with Crippen molar-refractivity contribution < 1.29 is 18.0 Å². The summed E-state index contributed by atoms with van der Waals surface area (Å²) in [6.45, 7) is 4.03. The zero-order chi connectivity index (χ0) is 16.2. The van der Waals surface area contributed by atoms with E-state index in [2.05, 4.69) is 17.2 Å². The van der Waals surface area contributed by atoms with Gasteiger partial charge in [0.1, 0.15) is 0 Å². The van der Waals surface area contributed by atoms with Crippen molar-refractivity contribution in [3.63, 3.8) is 0 Å². The smallest absolute Gasteiger partial charge is 0.223 e. The third-order valence-corrected chi connectivity index (χ3v) is 6.24. The molecule has 0 aromatic rings. The van der Waals surface area contributed by atoms with Crippen LogP contribution < -0.4 is 10.6 Å². The topological polar surface area (TPSA) is 92.3 Å². The van der Waals surface area contributed by atoms with Gasteiger partial charge >= 0.3 is 0 Å². The summed E-state index contributed by atoms with van der Waals surface area (Å²) in [6, 6.07) is -0.244. The van der Waals surface area contributed by atoms with E-state index in [1.54, 1.807) is 6.08 Å². The van der Waals surface area contributed by atoms with E-state index in [4.69, 9.17) is 0 Å². The Hall–Kier alpha value is -1.37. The predicted molar refractivity (Wildman–Crippen MR) is 83.9 cm³/mol. The highest BCUT2D eigenvalue weighted by molar-refractivity contribution is 7.91. The van der Waals surface area contributed by atoms with Crippen LogP contribution in [0.2, 0.25) is 0 Å². The Labute approximate surface area is 131 Å². The molecular formula is C15H24N2O4S. The minimum atomic E-state index is -2.98. The summed E-state index contributed by atoms with van der Waals surface area (Å²) in [6.07, 6.45) is 4.91. The molecule has 1 aliphatic carbocycles. The highest BCUT2D eigenvalue weighted by atomic mass is 32.2. The second-order valence-corrected chi connectivity index (χ2v) is 8.42. The molecule has 2 amide bonds. The maximum absolute atomic E-state index is 12.2. The van der Waals surface area contributed by atoms with Crippen LogP contribution in [-0.4, -0.2) is 44.3 Å². The van der Waals surface area contributed by atoms with Gasteiger partial charge in [-0.3, -0.25) is 9.59 Å². The lowest BCUT2D eigenvalue weighted by atomic mass is 9.81. The van der Waals surface area contributed by atoms with Crippen molar-refractivity contribution >= 4 is 21.7 Å². The highest BCUT2D eigenvalue weighted by Gasteiger charge is 2.33. The van der Waals surface area contributed by atoms with Gasteiger partial charge in [-0.15, -0.1) is 6.58 Å². The molecule has 1 saturated heterocycles. The van der Waals surface area contributed by atoms with Crippen LogP contribution in [0.3, 0.4) is 0 Å². The Morgan fingerprint density at radius 3 is 2.14 bits per heavy atom. The fraction of sp³-hybridized carbons (Fsp3) is 0.733. The zero-order valence-corrected chi connectivity index (χ0v) is 13.5. The zero-order valence-electron chi connectivity index (χ0n) is 12.7. The van der Waals surface area contributed by atoms with Gasteiger partial charge in [0.15, 0.2) is 9.84 Å². The number of sulfone groups is 1. The molecule has 2 N–H and O–H groups in total. The number of hydrogen-bond donors (Lipinski definition) is 2. The first-order valence-electron chi connectivity index (χ1n) is 7.80. The lowest BCUT2D eigenvalue weighted by molar-refractivity contribution is -0.130. The van der Waals surface area contributed by atoms with Gasteiger partial charge in [-0.25, -0.2) is 8.42 Å². The van der Waals surface area contributed by atoms with Gasteiger partial charge in [-0.2, -0.15) is 0 Å². The quantitative estimate of drug-likeness (QED) is 0.715. The van der Waals surface area contributed by atoms with Crippen molar-refractivity contribution in [2.24, 2.45) is 11.8 Å². The molecule has 22 heavy (non-hydrogen) atoms. The molecule has 0 bridgehead atoms. The van der Waals surface area contributed by atoms with Crippen LogP contribution in [-0.2, 0) is 19.4 Å². The SMILES string of the molecule is C=CCNC(=O)C1CCC(C(=O)NC2CCS(=O)(=O)C2)CC1. The fourth-order valence-corrected chi connectivity index (χ4v) is 4.84. The van der Waals surface area contributed by atoms with Crippen LogP contribution in [0.5, 0.6) is 0 Å². The van der Waals surface area contributed by atoms with Gasteiger partial charge in [0.25, 0.3) is 0 Å². The van der Waals surface area contributed by atoms with Crippen LogP contribution in [0.1, 0.15) is 32.1 Å². The van der Waals surface area contributed by atoms with E-state index in [1.165, 1.54) is 0 Å². The van der Waals surface area contributed by atoms with Crippen molar-refractivity contribution in [2.45, 2.75) is 38.1 Å². The van der Waals surface area contributed by atoms with Crippen LogP contribution in [0.15, 0.2) is 12.7 Å². The summed E-state index contributed by atoms with van der Waals surface area (Å²) in [5.74, 6) is 0.0435. The molecule has 2 aliphatic rings. The average Bonchev–Trinajstić information content (AvgIpc) is 2.83. The molecule has 0 aromatic carbocycles. The van der Waals surface area contributed by atoms with E-state index >= 15 is 0 Å². The van der Waals surface area contributed by atoms with E-state index < -0.39 is 9.84 Å². The fourth-order valence-electron chi connectivity index (χ4n) is 3.16. The molecule has 1 heterocycles. The van der Waals surface area contributed by atoms with Gasteiger partial charge in [-0.1, -0.05) is 6.08 Å². The van der Waals surface area contributed by atoms with Gasteiger partial charge in [0.05, 0.1) is 11.5 Å². The first-order chi connectivity index (χ1) is 10.4. The Morgan fingerprint density at radius 1 is 1.05 bits per heavy atom. The first-order valence-corrected chi connectivity index (χ1v) is 9.63. The van der Waals surface area contributed by atoms with Gasteiger partial charge in [0, 0.05) is 24.4 Å². The molecular weight excluding hydrogens is 304 g/mol. The summed E-state index contributed by atoms with van der Waals surface area (Å²) in [7, 11) is -2.98. The van der Waals surface area contributed by atoms with E-state index in [0.717, 1.165) is 0 Å². The van der Waals surface area contributed by atoms with Gasteiger partial charge < -0.3 is 10.6 Å². The maximum Gasteiger partial charge on any atom is 0.223 e. The van der Waals surface area contributed by atoms with E-state index in [0.29, 0.717) is 38.6 Å². The number of nitrogens with one attached hydrogen (secondary N) is 2. The number of rotatable bonds is 5. The Morgan fingerprint density at radius 2 is 1.64 bits per heavy atom. The Bertz CT molecular complexity index is 536. The van der Waals surface area contributed by atoms with Crippen LogP contribution in [0.4, 0.5) is 0 Å². The summed E-state index contributed by atoms with van der Waals surface area (Å²) < 4.78 is 22.8. The molecule has 1 aliphatic heterocycles. The lowest BCUT2D eigenvalue weighted by Crippen LogP contribution is -2.42. The molecule has 2 rings (SSSR count). The summed E-state index contributed by atoms with van der Waals surface area (Å²) in [5, 5.41) is 5.64. The predicted octanol–water partition coefficient (Wildman–Crippen LogP) is 0.398. The molecule has 1 unspecified atom stereocenters. The van der Waals surface area contributed by atoms with E-state index in [1.807, 2.05) is 0 Å². The molecule has 0 spiro atoms. The highest BCUT2D eigenvalue weighted by Crippen LogP contribution is 2.29. The van der Waals surface area contributed by atoms with Crippen molar-refractivity contribution in [1.29, 1.82) is 0 Å². The Kier molecular flexibility index (Phi) is 5.61. The minimum absolute atomic E-state index is 0.0284. The van der Waals surface area contributed by atoms with Crippen molar-refractivity contribution in [2.75, 3.05) is 18.1 Å². The first kappa shape index (κ1) is 17.0. The standard InChI is InChI=1S/C15H24N2O4S/c1-2-8-16-14(18)11-3-5-12(6-4-11)15(19)17-13-7-9-22(20,21)10-13/h2,11-13H,1,3-10H2,(H,16,18)(H,17,19). The van der Waals surface area contributed by atoms with Crippen LogP contribution >= 0.6 is 0 Å². The Balaban J connectivity index is 1.75. The lowest BCUT2D eigenvalue weighted by Gasteiger charge is -2.27. The number of hydrogen-bond acceptors (Lipinski definition) is 4. The summed E-state index contributed by atoms with van der Waals surface area (Å²) >= 11 is 0. The summed E-state index contributed by atoms with van der Waals surface area (Å²) in [5.41, 5.74) is 0. The van der Waals surface area contributed by atoms with Gasteiger partial charge in [-0.05, 0) is 32.1 Å². The second kappa shape index (κ2) is 7.26. The molecule has 1 saturated carbocycles. The minimum Gasteiger partial charge on any atom is -0.352 e. The maximum atomic E-state index is 12.2. The van der Waals surface area contributed by atoms with Crippen molar-refractivity contribution in [3.8, 4) is 0 Å². The van der Waals surface area contributed by atoms with E-state index in [-0.39, 0.29) is 41.2 Å². The molecule has 2 fully saturated rings. The van der Waals surface area contributed by atoms with Crippen LogP contribution in [0.25, 0.3) is 0 Å². The molecule has 124 valence electrons. The third-order valence-electron chi connectivity index (χ3n) is 4.47. The largest absolute Gasteiger partial charge is 0.352 e. The molecule has 0 aromatic heterocycles. The molecule has 0 radical (unpaired) electrons. The molecule has 6 nitrogen and oxygen atoms in total. The average molecular weight is 328 g/mol. The number of carbonyl (C=O) groups is 2. The second-order valence-electron chi connectivity index (χ2n) is 6.19.